The minimum Gasteiger partial charge on any atom is -0.428 e. The summed E-state index contributed by atoms with van der Waals surface area (Å²) in [7, 11) is 0. The van der Waals surface area contributed by atoms with Gasteiger partial charge in [0.2, 0.25) is 5.90 Å². The van der Waals surface area contributed by atoms with Crippen LogP contribution in [0.15, 0.2) is 41.5 Å². The average molecular weight is 542 g/mol. The van der Waals surface area contributed by atoms with Crippen LogP contribution in [0.4, 0.5) is 18.3 Å². The normalized spacial score (nSPS) is 12.9. The van der Waals surface area contributed by atoms with Gasteiger partial charge in [-0.05, 0) is 43.0 Å². The highest BCUT2D eigenvalue weighted by Gasteiger charge is 2.31. The van der Waals surface area contributed by atoms with E-state index in [9.17, 15) is 22.8 Å². The Bertz CT molecular complexity index is 1560. The Labute approximate surface area is 219 Å². The van der Waals surface area contributed by atoms with Crippen LogP contribution < -0.4 is 10.9 Å². The number of alkyl halides is 3. The molecule has 0 spiro atoms. The molecule has 0 saturated heterocycles. The number of aryl methyl sites for hydroxylation is 1. The molecule has 0 bridgehead atoms. The van der Waals surface area contributed by atoms with Gasteiger partial charge < -0.3 is 9.30 Å². The first-order valence-corrected chi connectivity index (χ1v) is 12.2. The molecule has 2 heterocycles. The molecule has 3 aromatic rings. The van der Waals surface area contributed by atoms with E-state index in [1.165, 1.54) is 25.4 Å². The lowest BCUT2D eigenvalue weighted by atomic mass is 9.95. The second-order valence-corrected chi connectivity index (χ2v) is 9.73. The van der Waals surface area contributed by atoms with E-state index < -0.39 is 35.6 Å². The fourth-order valence-electron chi connectivity index (χ4n) is 3.51. The highest BCUT2D eigenvalue weighted by molar-refractivity contribution is 7.16. The van der Waals surface area contributed by atoms with Crippen molar-refractivity contribution >= 4 is 34.2 Å². The number of nitrogens with zero attached hydrogens (tertiary/aromatic N) is 2. The quantitative estimate of drug-likeness (QED) is 0.230. The Morgan fingerprint density at radius 2 is 2.00 bits per heavy atom. The van der Waals surface area contributed by atoms with Crippen LogP contribution in [0.3, 0.4) is 0 Å². The first-order chi connectivity index (χ1) is 17.9. The number of ether oxygens (including phenoxy) is 1. The number of carbonyl (C=O) groups is 1. The van der Waals surface area contributed by atoms with Gasteiger partial charge in [-0.15, -0.1) is 0 Å². The molecule has 4 rings (SSSR count). The van der Waals surface area contributed by atoms with E-state index in [-0.39, 0.29) is 27.7 Å². The van der Waals surface area contributed by atoms with Crippen molar-refractivity contribution in [3.8, 4) is 23.0 Å². The first kappa shape index (κ1) is 26.8. The summed E-state index contributed by atoms with van der Waals surface area (Å²) in [5.74, 6) is 5.05. The van der Waals surface area contributed by atoms with Crippen molar-refractivity contribution in [1.29, 1.82) is 10.8 Å². The number of amides is 1. The monoisotopic (exact) mass is 541 g/mol. The molecule has 1 fully saturated rings. The van der Waals surface area contributed by atoms with Crippen LogP contribution in [-0.2, 0) is 17.5 Å². The zero-order chi connectivity index (χ0) is 27.6. The van der Waals surface area contributed by atoms with E-state index >= 15 is 0 Å². The summed E-state index contributed by atoms with van der Waals surface area (Å²) < 4.78 is 46.4. The summed E-state index contributed by atoms with van der Waals surface area (Å²) in [6, 6.07) is 4.13. The van der Waals surface area contributed by atoms with Crippen molar-refractivity contribution in [3.63, 3.8) is 0 Å². The second kappa shape index (κ2) is 10.6. The molecule has 1 amide bonds. The molecule has 3 N–H and O–H groups in total. The third-order valence-corrected chi connectivity index (χ3v) is 6.35. The number of thiazole rings is 1. The number of nitrogens with one attached hydrogen (secondary N) is 3. The minimum atomic E-state index is -4.63. The van der Waals surface area contributed by atoms with Crippen molar-refractivity contribution in [2.75, 3.05) is 5.32 Å². The third-order valence-electron chi connectivity index (χ3n) is 5.52. The van der Waals surface area contributed by atoms with E-state index in [1.54, 1.807) is 6.92 Å². The van der Waals surface area contributed by atoms with E-state index in [0.29, 0.717) is 16.4 Å². The van der Waals surface area contributed by atoms with Crippen molar-refractivity contribution in [2.24, 2.45) is 5.92 Å². The molecule has 196 valence electrons. The molecule has 1 aliphatic rings. The number of halogens is 3. The lowest BCUT2D eigenvalue weighted by molar-refractivity contribution is -0.137. The highest BCUT2D eigenvalue weighted by atomic mass is 32.1. The molecule has 12 heteroatoms. The predicted molar refractivity (Wildman–Crippen MR) is 138 cm³/mol. The van der Waals surface area contributed by atoms with Crippen LogP contribution in [0, 0.1) is 35.5 Å². The zero-order valence-corrected chi connectivity index (χ0v) is 21.1. The Morgan fingerprint density at radius 1 is 1.26 bits per heavy atom. The van der Waals surface area contributed by atoms with Crippen LogP contribution in [0.2, 0.25) is 0 Å². The topological polar surface area (TPSA) is 121 Å². The number of carbonyl (C=O) groups excluding carboxylic acids is 1. The van der Waals surface area contributed by atoms with Crippen LogP contribution in [0.5, 0.6) is 0 Å². The van der Waals surface area contributed by atoms with Crippen LogP contribution >= 0.6 is 11.3 Å². The zero-order valence-electron chi connectivity index (χ0n) is 20.3. The SMILES string of the molecule is CC(=N)OC(=N)Cn1cc(-c2cc(C(F)(F)F)ccc2C)c(C(=O)Nc2ncc(C#CC3CC3)s2)cc1=O. The van der Waals surface area contributed by atoms with Crippen molar-refractivity contribution in [2.45, 2.75) is 39.4 Å². The largest absolute Gasteiger partial charge is 0.428 e. The molecule has 1 aromatic carbocycles. The number of anilines is 1. The maximum atomic E-state index is 13.5. The van der Waals surface area contributed by atoms with Gasteiger partial charge in [0, 0.05) is 30.7 Å². The second-order valence-electron chi connectivity index (χ2n) is 8.70. The lowest BCUT2D eigenvalue weighted by Crippen LogP contribution is -2.27. The van der Waals surface area contributed by atoms with Crippen molar-refractivity contribution in [1.82, 2.24) is 9.55 Å². The van der Waals surface area contributed by atoms with Gasteiger partial charge >= 0.3 is 6.18 Å². The molecule has 0 atom stereocenters. The Hall–Kier alpha value is -4.24. The van der Waals surface area contributed by atoms with Crippen molar-refractivity contribution in [3.05, 3.63) is 68.6 Å². The number of hydrogen-bond acceptors (Lipinski definition) is 7. The van der Waals surface area contributed by atoms with Gasteiger partial charge in [0.15, 0.2) is 11.0 Å². The lowest BCUT2D eigenvalue weighted by Gasteiger charge is -2.17. The first-order valence-electron chi connectivity index (χ1n) is 11.4. The smallest absolute Gasteiger partial charge is 0.416 e. The van der Waals surface area contributed by atoms with Crippen LogP contribution in [-0.4, -0.2) is 27.3 Å². The number of hydrogen-bond donors (Lipinski definition) is 3. The summed E-state index contributed by atoms with van der Waals surface area (Å²) in [5.41, 5.74) is -1.19. The van der Waals surface area contributed by atoms with Crippen LogP contribution in [0.25, 0.3) is 11.1 Å². The Morgan fingerprint density at radius 3 is 2.66 bits per heavy atom. The molecule has 0 unspecified atom stereocenters. The van der Waals surface area contributed by atoms with Gasteiger partial charge in [-0.1, -0.05) is 29.2 Å². The Kier molecular flexibility index (Phi) is 7.50. The summed E-state index contributed by atoms with van der Waals surface area (Å²) in [6.45, 7) is 2.50. The maximum Gasteiger partial charge on any atom is 0.416 e. The molecule has 0 radical (unpaired) electrons. The van der Waals surface area contributed by atoms with E-state index in [2.05, 4.69) is 22.1 Å². The van der Waals surface area contributed by atoms with Gasteiger partial charge in [0.05, 0.1) is 22.2 Å². The standard InChI is InChI=1S/C26H22F3N5O3S/c1-14-3-7-17(26(27,28)29)9-19(14)21-12-34(13-22(31)37-15(2)30)23(35)10-20(21)24(36)33-25-32-11-18(38-25)8-6-16-4-5-16/h3,7,9-12,16,30-31H,4-5,13H2,1-2H3,(H,32,33,36). The average Bonchev–Trinajstić information content (AvgIpc) is 3.55. The molecule has 1 aliphatic carbocycles. The summed E-state index contributed by atoms with van der Waals surface area (Å²) in [6.07, 6.45) is 0.222. The summed E-state index contributed by atoms with van der Waals surface area (Å²) in [5, 5.41) is 18.1. The van der Waals surface area contributed by atoms with Gasteiger partial charge in [0.25, 0.3) is 11.5 Å². The summed E-state index contributed by atoms with van der Waals surface area (Å²) >= 11 is 1.14. The number of pyridine rings is 1. The van der Waals surface area contributed by atoms with E-state index in [4.69, 9.17) is 15.6 Å². The fraction of sp³-hybridized carbons (Fsp3) is 0.269. The van der Waals surface area contributed by atoms with Gasteiger partial charge in [-0.2, -0.15) is 13.2 Å². The van der Waals surface area contributed by atoms with Gasteiger partial charge in [-0.3, -0.25) is 25.7 Å². The van der Waals surface area contributed by atoms with Crippen molar-refractivity contribution < 1.29 is 22.7 Å². The Balaban J connectivity index is 1.75. The molecular weight excluding hydrogens is 519 g/mol. The minimum absolute atomic E-state index is 0.0513. The molecule has 38 heavy (non-hydrogen) atoms. The molecule has 8 nitrogen and oxygen atoms in total. The molecule has 0 aliphatic heterocycles. The van der Waals surface area contributed by atoms with E-state index in [0.717, 1.165) is 46.9 Å². The van der Waals surface area contributed by atoms with Gasteiger partial charge in [0.1, 0.15) is 6.54 Å². The fourth-order valence-corrected chi connectivity index (χ4v) is 4.19. The summed E-state index contributed by atoms with van der Waals surface area (Å²) in [4.78, 5) is 30.9. The predicted octanol–water partition coefficient (Wildman–Crippen LogP) is 5.30. The third kappa shape index (κ3) is 6.54. The van der Waals surface area contributed by atoms with E-state index in [1.807, 2.05) is 0 Å². The molecular formula is C26H22F3N5O3S. The highest BCUT2D eigenvalue weighted by Crippen LogP contribution is 2.35. The van der Waals surface area contributed by atoms with Crippen LogP contribution in [0.1, 0.15) is 46.1 Å². The number of rotatable bonds is 5. The molecule has 2 aromatic heterocycles. The van der Waals surface area contributed by atoms with Gasteiger partial charge in [-0.25, -0.2) is 4.98 Å². The molecule has 1 saturated carbocycles. The number of aromatic nitrogens is 2. The number of benzene rings is 1. The maximum absolute atomic E-state index is 13.5.